The van der Waals surface area contributed by atoms with Crippen LogP contribution in [0.3, 0.4) is 0 Å². The highest BCUT2D eigenvalue weighted by Gasteiger charge is 2.41. The van der Waals surface area contributed by atoms with Gasteiger partial charge in [0.1, 0.15) is 0 Å². The summed E-state index contributed by atoms with van der Waals surface area (Å²) in [6.45, 7) is 6.95. The lowest BCUT2D eigenvalue weighted by Gasteiger charge is -2.34. The Morgan fingerprint density at radius 2 is 1.65 bits per heavy atom. The molecule has 2 N–H and O–H groups in total. The lowest BCUT2D eigenvalue weighted by atomic mass is 9.77. The van der Waals surface area contributed by atoms with Crippen LogP contribution in [0.4, 0.5) is 0 Å². The molecule has 0 aromatic rings. The van der Waals surface area contributed by atoms with Crippen LogP contribution >= 0.6 is 12.2 Å². The second kappa shape index (κ2) is 7.64. The van der Waals surface area contributed by atoms with E-state index in [1.165, 1.54) is 0 Å². The number of nitrogens with zero attached hydrogens (tertiary/aromatic N) is 1. The van der Waals surface area contributed by atoms with Crippen LogP contribution in [0.25, 0.3) is 0 Å². The zero-order valence-corrected chi connectivity index (χ0v) is 12.4. The van der Waals surface area contributed by atoms with Crippen molar-refractivity contribution >= 4 is 23.1 Å². The standard InChI is InChI=1S/C13H26N2OS/c1-5-8-13(9-6-2,11(14)17)12(16)15(4)10-7-3/h5-10H2,1-4H3,(H2,14,17). The predicted molar refractivity (Wildman–Crippen MR) is 77.0 cm³/mol. The molecule has 0 saturated carbocycles. The summed E-state index contributed by atoms with van der Waals surface area (Å²) < 4.78 is 0. The average molecular weight is 258 g/mol. The van der Waals surface area contributed by atoms with Crippen LogP contribution in [-0.4, -0.2) is 29.4 Å². The topological polar surface area (TPSA) is 46.3 Å². The Morgan fingerprint density at radius 1 is 1.18 bits per heavy atom. The molecule has 0 unspecified atom stereocenters. The van der Waals surface area contributed by atoms with Gasteiger partial charge in [-0.25, -0.2) is 0 Å². The second-order valence-electron chi connectivity index (χ2n) is 4.67. The zero-order chi connectivity index (χ0) is 13.5. The van der Waals surface area contributed by atoms with Crippen molar-refractivity contribution in [1.82, 2.24) is 4.90 Å². The Labute approximate surface area is 111 Å². The maximum atomic E-state index is 12.5. The van der Waals surface area contributed by atoms with Crippen molar-refractivity contribution in [1.29, 1.82) is 0 Å². The molecule has 0 aliphatic carbocycles. The molecule has 0 saturated heterocycles. The molecular weight excluding hydrogens is 232 g/mol. The molecule has 0 radical (unpaired) electrons. The lowest BCUT2D eigenvalue weighted by molar-refractivity contribution is -0.137. The molecule has 4 heteroatoms. The maximum absolute atomic E-state index is 12.5. The molecule has 0 fully saturated rings. The van der Waals surface area contributed by atoms with Gasteiger partial charge in [-0.05, 0) is 19.3 Å². The first-order valence-corrected chi connectivity index (χ1v) is 6.92. The van der Waals surface area contributed by atoms with Gasteiger partial charge in [-0.2, -0.15) is 0 Å². The third kappa shape index (κ3) is 3.95. The summed E-state index contributed by atoms with van der Waals surface area (Å²) in [5.41, 5.74) is 5.24. The summed E-state index contributed by atoms with van der Waals surface area (Å²) in [7, 11) is 1.84. The molecular formula is C13H26N2OS. The van der Waals surface area contributed by atoms with Crippen LogP contribution in [0.15, 0.2) is 0 Å². The Kier molecular flexibility index (Phi) is 7.35. The minimum absolute atomic E-state index is 0.0931. The lowest BCUT2D eigenvalue weighted by Crippen LogP contribution is -2.49. The quantitative estimate of drug-likeness (QED) is 0.681. The van der Waals surface area contributed by atoms with E-state index in [1.807, 2.05) is 7.05 Å². The van der Waals surface area contributed by atoms with E-state index in [-0.39, 0.29) is 5.91 Å². The van der Waals surface area contributed by atoms with Gasteiger partial charge in [-0.3, -0.25) is 4.79 Å². The van der Waals surface area contributed by atoms with E-state index in [0.717, 1.165) is 38.6 Å². The summed E-state index contributed by atoms with van der Waals surface area (Å²) in [6, 6.07) is 0. The number of hydrogen-bond donors (Lipinski definition) is 1. The number of nitrogens with two attached hydrogens (primary N) is 1. The van der Waals surface area contributed by atoms with Crippen LogP contribution in [0, 0.1) is 5.41 Å². The van der Waals surface area contributed by atoms with Crippen molar-refractivity contribution in [2.45, 2.75) is 52.9 Å². The number of carbonyl (C=O) groups excluding carboxylic acids is 1. The van der Waals surface area contributed by atoms with E-state index in [4.69, 9.17) is 18.0 Å². The molecule has 0 heterocycles. The van der Waals surface area contributed by atoms with Gasteiger partial charge < -0.3 is 10.6 Å². The predicted octanol–water partition coefficient (Wildman–Crippen LogP) is 2.73. The van der Waals surface area contributed by atoms with Gasteiger partial charge in [-0.1, -0.05) is 45.8 Å². The number of amides is 1. The number of carbonyl (C=O) groups is 1. The Morgan fingerprint density at radius 3 is 1.94 bits per heavy atom. The Hall–Kier alpha value is -0.640. The van der Waals surface area contributed by atoms with E-state index in [0.29, 0.717) is 4.99 Å². The molecule has 17 heavy (non-hydrogen) atoms. The smallest absolute Gasteiger partial charge is 0.235 e. The number of thiocarbonyl (C=S) groups is 1. The minimum Gasteiger partial charge on any atom is -0.392 e. The van der Waals surface area contributed by atoms with Crippen molar-refractivity contribution in [2.75, 3.05) is 13.6 Å². The molecule has 0 aromatic heterocycles. The number of hydrogen-bond acceptors (Lipinski definition) is 2. The third-order valence-electron chi connectivity index (χ3n) is 3.14. The molecule has 0 rings (SSSR count). The monoisotopic (exact) mass is 258 g/mol. The summed E-state index contributed by atoms with van der Waals surface area (Å²) in [4.78, 5) is 14.7. The van der Waals surface area contributed by atoms with Gasteiger partial charge >= 0.3 is 0 Å². The molecule has 0 spiro atoms. The summed E-state index contributed by atoms with van der Waals surface area (Å²) in [5.74, 6) is 0.0931. The molecule has 0 aromatic carbocycles. The highest BCUT2D eigenvalue weighted by atomic mass is 32.1. The molecule has 0 aliphatic heterocycles. The van der Waals surface area contributed by atoms with E-state index < -0.39 is 5.41 Å². The SMILES string of the molecule is CCCN(C)C(=O)C(CCC)(CCC)C(N)=S. The highest BCUT2D eigenvalue weighted by Crippen LogP contribution is 2.32. The van der Waals surface area contributed by atoms with Crippen LogP contribution in [0.1, 0.15) is 52.9 Å². The van der Waals surface area contributed by atoms with Crippen LogP contribution in [-0.2, 0) is 4.79 Å². The average Bonchev–Trinajstić information content (AvgIpc) is 2.27. The molecule has 0 atom stereocenters. The normalized spacial score (nSPS) is 11.3. The first kappa shape index (κ1) is 16.4. The largest absolute Gasteiger partial charge is 0.392 e. The molecule has 1 amide bonds. The molecule has 100 valence electrons. The van der Waals surface area contributed by atoms with Gasteiger partial charge in [0, 0.05) is 13.6 Å². The molecule has 3 nitrogen and oxygen atoms in total. The van der Waals surface area contributed by atoms with E-state index >= 15 is 0 Å². The fraction of sp³-hybridized carbons (Fsp3) is 0.846. The first-order chi connectivity index (χ1) is 7.96. The third-order valence-corrected chi connectivity index (χ3v) is 3.53. The fourth-order valence-electron chi connectivity index (χ4n) is 2.35. The Balaban J connectivity index is 5.11. The minimum atomic E-state index is -0.622. The van der Waals surface area contributed by atoms with Crippen molar-refractivity contribution in [3.8, 4) is 0 Å². The van der Waals surface area contributed by atoms with Crippen LogP contribution in [0.5, 0.6) is 0 Å². The van der Waals surface area contributed by atoms with Gasteiger partial charge in [0.25, 0.3) is 0 Å². The first-order valence-electron chi connectivity index (χ1n) is 6.51. The van der Waals surface area contributed by atoms with Gasteiger partial charge in [-0.15, -0.1) is 0 Å². The van der Waals surface area contributed by atoms with Crippen LogP contribution in [0.2, 0.25) is 0 Å². The highest BCUT2D eigenvalue weighted by molar-refractivity contribution is 7.80. The van der Waals surface area contributed by atoms with E-state index in [2.05, 4.69) is 20.8 Å². The summed E-state index contributed by atoms with van der Waals surface area (Å²) in [6.07, 6.45) is 4.30. The van der Waals surface area contributed by atoms with Crippen molar-refractivity contribution in [3.05, 3.63) is 0 Å². The van der Waals surface area contributed by atoms with E-state index in [1.54, 1.807) is 4.90 Å². The van der Waals surface area contributed by atoms with Crippen molar-refractivity contribution in [3.63, 3.8) is 0 Å². The maximum Gasteiger partial charge on any atom is 0.235 e. The van der Waals surface area contributed by atoms with Gasteiger partial charge in [0.2, 0.25) is 5.91 Å². The summed E-state index contributed by atoms with van der Waals surface area (Å²) in [5, 5.41) is 0. The molecule has 0 aliphatic rings. The molecule has 0 bridgehead atoms. The Bertz CT molecular complexity index is 260. The van der Waals surface area contributed by atoms with Gasteiger partial charge in [0.15, 0.2) is 0 Å². The van der Waals surface area contributed by atoms with Crippen LogP contribution < -0.4 is 5.73 Å². The second-order valence-corrected chi connectivity index (χ2v) is 5.11. The fourth-order valence-corrected chi connectivity index (χ4v) is 2.64. The van der Waals surface area contributed by atoms with Crippen molar-refractivity contribution in [2.24, 2.45) is 11.1 Å². The van der Waals surface area contributed by atoms with Gasteiger partial charge in [0.05, 0.1) is 10.4 Å². The van der Waals surface area contributed by atoms with Crippen molar-refractivity contribution < 1.29 is 4.79 Å². The number of rotatable bonds is 8. The summed E-state index contributed by atoms with van der Waals surface area (Å²) >= 11 is 5.17. The van der Waals surface area contributed by atoms with E-state index in [9.17, 15) is 4.79 Å². The zero-order valence-electron chi connectivity index (χ0n) is 11.6.